The number of nitrogens with zero attached hydrogens (tertiary/aromatic N) is 1. The van der Waals surface area contributed by atoms with E-state index < -0.39 is 0 Å². The maximum absolute atomic E-state index is 3.43. The highest BCUT2D eigenvalue weighted by molar-refractivity contribution is 5.22. The van der Waals surface area contributed by atoms with Crippen molar-refractivity contribution in [1.29, 1.82) is 0 Å². The summed E-state index contributed by atoms with van der Waals surface area (Å²) in [7, 11) is 2.20. The molecular weight excluding hydrogens is 208 g/mol. The van der Waals surface area contributed by atoms with Crippen LogP contribution in [0.3, 0.4) is 0 Å². The van der Waals surface area contributed by atoms with Gasteiger partial charge in [0, 0.05) is 19.6 Å². The molecule has 0 aliphatic carbocycles. The molecule has 0 heterocycles. The maximum atomic E-state index is 3.43. The Bertz CT molecular complexity index is 310. The topological polar surface area (TPSA) is 15.3 Å². The van der Waals surface area contributed by atoms with Crippen LogP contribution in [0.5, 0.6) is 0 Å². The normalized spacial score (nSPS) is 11.1. The lowest BCUT2D eigenvalue weighted by atomic mass is 10.1. The molecular formula is C15H26N2. The molecule has 0 bridgehead atoms. The zero-order valence-corrected chi connectivity index (χ0v) is 11.5. The Morgan fingerprint density at radius 3 is 2.71 bits per heavy atom. The highest BCUT2D eigenvalue weighted by atomic mass is 15.1. The quantitative estimate of drug-likeness (QED) is 0.695. The molecule has 2 nitrogen and oxygen atoms in total. The van der Waals surface area contributed by atoms with E-state index in [9.17, 15) is 0 Å². The van der Waals surface area contributed by atoms with E-state index in [1.54, 1.807) is 0 Å². The third kappa shape index (κ3) is 6.44. The van der Waals surface area contributed by atoms with Crippen LogP contribution in [0.15, 0.2) is 24.3 Å². The Morgan fingerprint density at radius 2 is 2.00 bits per heavy atom. The van der Waals surface area contributed by atoms with Crippen molar-refractivity contribution in [2.75, 3.05) is 33.2 Å². The molecule has 0 aromatic heterocycles. The molecule has 96 valence electrons. The lowest BCUT2D eigenvalue weighted by molar-refractivity contribution is 0.336. The average molecular weight is 234 g/mol. The summed E-state index contributed by atoms with van der Waals surface area (Å²) >= 11 is 0. The minimum atomic E-state index is 1.10. The van der Waals surface area contributed by atoms with Crippen molar-refractivity contribution in [2.45, 2.75) is 26.7 Å². The third-order valence-corrected chi connectivity index (χ3v) is 2.96. The summed E-state index contributed by atoms with van der Waals surface area (Å²) in [6, 6.07) is 8.80. The molecule has 0 saturated heterocycles. The summed E-state index contributed by atoms with van der Waals surface area (Å²) in [6.07, 6.45) is 2.36. The summed E-state index contributed by atoms with van der Waals surface area (Å²) < 4.78 is 0. The van der Waals surface area contributed by atoms with E-state index in [1.165, 1.54) is 17.5 Å². The number of rotatable bonds is 8. The molecule has 17 heavy (non-hydrogen) atoms. The van der Waals surface area contributed by atoms with E-state index in [2.05, 4.69) is 55.4 Å². The smallest absolute Gasteiger partial charge is 0.0104 e. The van der Waals surface area contributed by atoms with Crippen molar-refractivity contribution in [2.24, 2.45) is 0 Å². The van der Waals surface area contributed by atoms with Crippen LogP contribution in [-0.2, 0) is 6.42 Å². The molecule has 1 aromatic carbocycles. The number of hydrogen-bond acceptors (Lipinski definition) is 2. The van der Waals surface area contributed by atoms with Gasteiger partial charge < -0.3 is 10.2 Å². The van der Waals surface area contributed by atoms with Gasteiger partial charge in [0.2, 0.25) is 0 Å². The van der Waals surface area contributed by atoms with Crippen LogP contribution in [0.4, 0.5) is 0 Å². The molecule has 1 rings (SSSR count). The van der Waals surface area contributed by atoms with Gasteiger partial charge in [0.05, 0.1) is 0 Å². The van der Waals surface area contributed by atoms with Gasteiger partial charge in [0.25, 0.3) is 0 Å². The first kappa shape index (κ1) is 14.2. The molecule has 0 unspecified atom stereocenters. The fourth-order valence-electron chi connectivity index (χ4n) is 1.87. The van der Waals surface area contributed by atoms with E-state index >= 15 is 0 Å². The second-order valence-corrected chi connectivity index (χ2v) is 4.79. The molecule has 2 heteroatoms. The second kappa shape index (κ2) is 8.26. The van der Waals surface area contributed by atoms with Crippen molar-refractivity contribution in [1.82, 2.24) is 10.2 Å². The van der Waals surface area contributed by atoms with Crippen LogP contribution in [-0.4, -0.2) is 38.1 Å². The van der Waals surface area contributed by atoms with Crippen LogP contribution in [0, 0.1) is 6.92 Å². The van der Waals surface area contributed by atoms with Crippen molar-refractivity contribution in [3.8, 4) is 0 Å². The first-order valence-electron chi connectivity index (χ1n) is 6.67. The molecule has 0 aliphatic heterocycles. The molecule has 0 spiro atoms. The lowest BCUT2D eigenvalue weighted by Gasteiger charge is -2.16. The Hall–Kier alpha value is -0.860. The Labute approximate surface area is 106 Å². The lowest BCUT2D eigenvalue weighted by Crippen LogP contribution is -2.30. The summed E-state index contributed by atoms with van der Waals surface area (Å²) in [5.41, 5.74) is 2.80. The molecule has 0 fully saturated rings. The number of benzene rings is 1. The van der Waals surface area contributed by atoms with E-state index in [1.807, 2.05) is 0 Å². The van der Waals surface area contributed by atoms with Gasteiger partial charge in [-0.15, -0.1) is 0 Å². The van der Waals surface area contributed by atoms with Crippen LogP contribution in [0.1, 0.15) is 24.5 Å². The van der Waals surface area contributed by atoms with Gasteiger partial charge in [-0.2, -0.15) is 0 Å². The van der Waals surface area contributed by atoms with E-state index in [-0.39, 0.29) is 0 Å². The second-order valence-electron chi connectivity index (χ2n) is 4.79. The Morgan fingerprint density at radius 1 is 1.18 bits per heavy atom. The molecule has 0 saturated carbocycles. The van der Waals surface area contributed by atoms with Gasteiger partial charge in [0.1, 0.15) is 0 Å². The molecule has 1 aromatic rings. The summed E-state index contributed by atoms with van der Waals surface area (Å²) in [5.74, 6) is 0. The number of likely N-dealkylation sites (N-methyl/N-ethyl adjacent to an activating group) is 1. The monoisotopic (exact) mass is 234 g/mol. The van der Waals surface area contributed by atoms with Gasteiger partial charge in [-0.1, -0.05) is 36.8 Å². The Balaban J connectivity index is 2.17. The maximum Gasteiger partial charge on any atom is 0.0104 e. The fourth-order valence-corrected chi connectivity index (χ4v) is 1.87. The highest BCUT2D eigenvalue weighted by Crippen LogP contribution is 2.04. The van der Waals surface area contributed by atoms with Gasteiger partial charge in [-0.05, 0) is 38.9 Å². The van der Waals surface area contributed by atoms with Crippen molar-refractivity contribution >= 4 is 0 Å². The average Bonchev–Trinajstić information content (AvgIpc) is 2.32. The van der Waals surface area contributed by atoms with Crippen molar-refractivity contribution in [3.05, 3.63) is 35.4 Å². The largest absolute Gasteiger partial charge is 0.315 e. The number of aryl methyl sites for hydroxylation is 1. The molecule has 0 atom stereocenters. The van der Waals surface area contributed by atoms with Crippen molar-refractivity contribution < 1.29 is 0 Å². The van der Waals surface area contributed by atoms with Crippen LogP contribution in [0.2, 0.25) is 0 Å². The first-order valence-corrected chi connectivity index (χ1v) is 6.67. The van der Waals surface area contributed by atoms with Crippen molar-refractivity contribution in [3.63, 3.8) is 0 Å². The fraction of sp³-hybridized carbons (Fsp3) is 0.600. The van der Waals surface area contributed by atoms with Gasteiger partial charge in [-0.25, -0.2) is 0 Å². The van der Waals surface area contributed by atoms with E-state index in [0.717, 1.165) is 32.6 Å². The number of hydrogen-bond donors (Lipinski definition) is 1. The van der Waals surface area contributed by atoms with Gasteiger partial charge in [-0.3, -0.25) is 0 Å². The van der Waals surface area contributed by atoms with Gasteiger partial charge in [0.15, 0.2) is 0 Å². The zero-order valence-electron chi connectivity index (χ0n) is 11.5. The third-order valence-electron chi connectivity index (χ3n) is 2.96. The standard InChI is InChI=1S/C15H26N2/c1-4-9-16-10-12-17(3)11-8-15-7-5-6-14(2)13-15/h5-7,13,16H,4,8-12H2,1-3H3. The zero-order chi connectivity index (χ0) is 12.5. The van der Waals surface area contributed by atoms with Crippen LogP contribution in [0.25, 0.3) is 0 Å². The summed E-state index contributed by atoms with van der Waals surface area (Å²) in [4.78, 5) is 2.39. The van der Waals surface area contributed by atoms with Crippen LogP contribution >= 0.6 is 0 Å². The molecule has 0 aliphatic rings. The minimum Gasteiger partial charge on any atom is -0.315 e. The van der Waals surface area contributed by atoms with Crippen LogP contribution < -0.4 is 5.32 Å². The highest BCUT2D eigenvalue weighted by Gasteiger charge is 1.99. The van der Waals surface area contributed by atoms with Gasteiger partial charge >= 0.3 is 0 Å². The predicted molar refractivity (Wildman–Crippen MR) is 75.5 cm³/mol. The molecule has 0 radical (unpaired) electrons. The first-order chi connectivity index (χ1) is 8.22. The Kier molecular flexibility index (Phi) is 6.90. The summed E-state index contributed by atoms with van der Waals surface area (Å²) in [6.45, 7) is 8.85. The summed E-state index contributed by atoms with van der Waals surface area (Å²) in [5, 5.41) is 3.43. The van der Waals surface area contributed by atoms with E-state index in [4.69, 9.17) is 0 Å². The molecule has 1 N–H and O–H groups in total. The predicted octanol–water partition coefficient (Wildman–Crippen LogP) is 2.47. The molecule has 0 amide bonds. The van der Waals surface area contributed by atoms with E-state index in [0.29, 0.717) is 0 Å². The number of nitrogens with one attached hydrogen (secondary N) is 1. The minimum absolute atomic E-state index is 1.10. The SMILES string of the molecule is CCCNCCN(C)CCc1cccc(C)c1.